The van der Waals surface area contributed by atoms with Crippen molar-refractivity contribution < 1.29 is 9.53 Å². The molecule has 26 heavy (non-hydrogen) atoms. The van der Waals surface area contributed by atoms with Crippen molar-refractivity contribution in [3.63, 3.8) is 0 Å². The smallest absolute Gasteiger partial charge is 0.236 e. The molecule has 0 radical (unpaired) electrons. The van der Waals surface area contributed by atoms with Gasteiger partial charge in [0.05, 0.1) is 6.54 Å². The van der Waals surface area contributed by atoms with E-state index in [-0.39, 0.29) is 12.0 Å². The third-order valence-corrected chi connectivity index (χ3v) is 4.69. The van der Waals surface area contributed by atoms with E-state index in [1.165, 1.54) is 11.1 Å². The molecule has 3 rings (SSSR count). The van der Waals surface area contributed by atoms with Crippen LogP contribution in [-0.4, -0.2) is 53.5 Å². The van der Waals surface area contributed by atoms with Crippen LogP contribution in [-0.2, 0) is 11.3 Å². The number of aromatic nitrogens is 1. The van der Waals surface area contributed by atoms with E-state index in [4.69, 9.17) is 4.74 Å². The summed E-state index contributed by atoms with van der Waals surface area (Å²) in [7, 11) is 1.98. The molecule has 1 aromatic heterocycles. The van der Waals surface area contributed by atoms with Crippen molar-refractivity contribution in [1.82, 2.24) is 14.8 Å². The van der Waals surface area contributed by atoms with Crippen LogP contribution in [0.3, 0.4) is 0 Å². The van der Waals surface area contributed by atoms with Gasteiger partial charge < -0.3 is 9.64 Å². The number of aryl methyl sites for hydroxylation is 1. The first-order chi connectivity index (χ1) is 12.6. The van der Waals surface area contributed by atoms with Gasteiger partial charge in [-0.15, -0.1) is 0 Å². The van der Waals surface area contributed by atoms with Gasteiger partial charge in [-0.25, -0.2) is 0 Å². The Labute approximate surface area is 155 Å². The lowest BCUT2D eigenvalue weighted by Crippen LogP contribution is -2.45. The van der Waals surface area contributed by atoms with E-state index in [1.54, 1.807) is 12.4 Å². The van der Waals surface area contributed by atoms with E-state index in [0.717, 1.165) is 38.2 Å². The van der Waals surface area contributed by atoms with Gasteiger partial charge in [0, 0.05) is 44.9 Å². The number of hydrogen-bond donors (Lipinski definition) is 0. The van der Waals surface area contributed by atoms with Gasteiger partial charge in [0.15, 0.2) is 0 Å². The van der Waals surface area contributed by atoms with Gasteiger partial charge >= 0.3 is 0 Å². The fraction of sp³-hybridized carbons (Fsp3) is 0.429. The van der Waals surface area contributed by atoms with Gasteiger partial charge in [0.1, 0.15) is 11.9 Å². The summed E-state index contributed by atoms with van der Waals surface area (Å²) in [6.45, 7) is 4.78. The van der Waals surface area contributed by atoms with Crippen LogP contribution in [0.1, 0.15) is 24.0 Å². The third-order valence-electron chi connectivity index (χ3n) is 4.69. The minimum atomic E-state index is 0.190. The molecule has 5 heteroatoms. The Morgan fingerprint density at radius 1 is 1.23 bits per heavy atom. The maximum absolute atomic E-state index is 12.5. The van der Waals surface area contributed by atoms with Crippen LogP contribution < -0.4 is 4.74 Å². The van der Waals surface area contributed by atoms with Gasteiger partial charge in [-0.3, -0.25) is 14.7 Å². The predicted molar refractivity (Wildman–Crippen MR) is 102 cm³/mol. The van der Waals surface area contributed by atoms with Crippen molar-refractivity contribution >= 4 is 5.91 Å². The quantitative estimate of drug-likeness (QED) is 0.801. The van der Waals surface area contributed by atoms with E-state index in [9.17, 15) is 4.79 Å². The van der Waals surface area contributed by atoms with Gasteiger partial charge in [0.2, 0.25) is 5.91 Å². The van der Waals surface area contributed by atoms with Crippen LogP contribution in [0.2, 0.25) is 0 Å². The summed E-state index contributed by atoms with van der Waals surface area (Å²) in [6.07, 6.45) is 5.52. The standard InChI is InChI=1S/C21H27N3O2/c1-17-4-3-5-20(14-17)26-19-8-12-24(13-9-19)21(25)16-23(2)15-18-6-10-22-11-7-18/h3-7,10-11,14,19H,8-9,12-13,15-16H2,1-2H3. The number of benzene rings is 1. The highest BCUT2D eigenvalue weighted by atomic mass is 16.5. The fourth-order valence-corrected chi connectivity index (χ4v) is 3.29. The van der Waals surface area contributed by atoms with Gasteiger partial charge in [0.25, 0.3) is 0 Å². The number of pyridine rings is 1. The molecular weight excluding hydrogens is 326 g/mol. The van der Waals surface area contributed by atoms with Gasteiger partial charge in [-0.2, -0.15) is 0 Å². The molecule has 0 unspecified atom stereocenters. The third kappa shape index (κ3) is 5.30. The van der Waals surface area contributed by atoms with Crippen LogP contribution in [0.15, 0.2) is 48.8 Å². The van der Waals surface area contributed by atoms with E-state index >= 15 is 0 Å². The zero-order chi connectivity index (χ0) is 18.4. The lowest BCUT2D eigenvalue weighted by atomic mass is 10.1. The molecule has 2 heterocycles. The summed E-state index contributed by atoms with van der Waals surface area (Å²) >= 11 is 0. The highest BCUT2D eigenvalue weighted by molar-refractivity contribution is 5.78. The van der Waals surface area contributed by atoms with Crippen molar-refractivity contribution in [3.05, 3.63) is 59.9 Å². The largest absolute Gasteiger partial charge is 0.490 e. The number of likely N-dealkylation sites (N-methyl/N-ethyl adjacent to an activating group) is 1. The van der Waals surface area contributed by atoms with E-state index < -0.39 is 0 Å². The number of amides is 1. The number of hydrogen-bond acceptors (Lipinski definition) is 4. The van der Waals surface area contributed by atoms with Crippen molar-refractivity contribution in [3.8, 4) is 5.75 Å². The molecule has 138 valence electrons. The minimum absolute atomic E-state index is 0.190. The minimum Gasteiger partial charge on any atom is -0.490 e. The average Bonchev–Trinajstić information content (AvgIpc) is 2.63. The molecule has 0 N–H and O–H groups in total. The number of nitrogens with zero attached hydrogens (tertiary/aromatic N) is 3. The van der Waals surface area contributed by atoms with Crippen molar-refractivity contribution in [1.29, 1.82) is 0 Å². The monoisotopic (exact) mass is 353 g/mol. The Bertz CT molecular complexity index is 712. The summed E-state index contributed by atoms with van der Waals surface area (Å²) in [5.41, 5.74) is 2.37. The first kappa shape index (κ1) is 18.4. The molecule has 1 aliphatic heterocycles. The number of carbonyl (C=O) groups excluding carboxylic acids is 1. The number of piperidine rings is 1. The number of ether oxygens (including phenoxy) is 1. The highest BCUT2D eigenvalue weighted by Gasteiger charge is 2.24. The first-order valence-electron chi connectivity index (χ1n) is 9.19. The molecule has 0 saturated carbocycles. The molecule has 1 aliphatic rings. The zero-order valence-electron chi connectivity index (χ0n) is 15.6. The Balaban J connectivity index is 1.43. The predicted octanol–water partition coefficient (Wildman–Crippen LogP) is 2.89. The highest BCUT2D eigenvalue weighted by Crippen LogP contribution is 2.20. The van der Waals surface area contributed by atoms with E-state index in [1.807, 2.05) is 41.1 Å². The summed E-state index contributed by atoms with van der Waals surface area (Å²) in [5, 5.41) is 0. The lowest BCUT2D eigenvalue weighted by Gasteiger charge is -2.33. The van der Waals surface area contributed by atoms with Crippen LogP contribution in [0.5, 0.6) is 5.75 Å². The van der Waals surface area contributed by atoms with Crippen molar-refractivity contribution in [2.75, 3.05) is 26.7 Å². The van der Waals surface area contributed by atoms with Crippen LogP contribution >= 0.6 is 0 Å². The SMILES string of the molecule is Cc1cccc(OC2CCN(C(=O)CN(C)Cc3ccncc3)CC2)c1. The zero-order valence-corrected chi connectivity index (χ0v) is 15.6. The van der Waals surface area contributed by atoms with Crippen LogP contribution in [0, 0.1) is 6.92 Å². The molecule has 1 aromatic carbocycles. The van der Waals surface area contributed by atoms with Crippen molar-refractivity contribution in [2.45, 2.75) is 32.4 Å². The number of likely N-dealkylation sites (tertiary alicyclic amines) is 1. The molecule has 0 atom stereocenters. The number of rotatable bonds is 6. The second-order valence-corrected chi connectivity index (χ2v) is 7.04. The van der Waals surface area contributed by atoms with Gasteiger partial charge in [-0.05, 0) is 49.4 Å². The molecule has 0 spiro atoms. The first-order valence-corrected chi connectivity index (χ1v) is 9.19. The maximum atomic E-state index is 12.5. The topological polar surface area (TPSA) is 45.7 Å². The fourth-order valence-electron chi connectivity index (χ4n) is 3.29. The summed E-state index contributed by atoms with van der Waals surface area (Å²) in [4.78, 5) is 20.6. The normalized spacial score (nSPS) is 15.3. The Morgan fingerprint density at radius 3 is 2.65 bits per heavy atom. The molecule has 2 aromatic rings. The average molecular weight is 353 g/mol. The van der Waals surface area contributed by atoms with E-state index in [0.29, 0.717) is 6.54 Å². The summed E-state index contributed by atoms with van der Waals surface area (Å²) in [6, 6.07) is 12.1. The van der Waals surface area contributed by atoms with Crippen molar-refractivity contribution in [2.24, 2.45) is 0 Å². The summed E-state index contributed by atoms with van der Waals surface area (Å²) < 4.78 is 6.07. The lowest BCUT2D eigenvalue weighted by molar-refractivity contribution is -0.134. The molecule has 0 aliphatic carbocycles. The Kier molecular flexibility index (Phi) is 6.23. The Hall–Kier alpha value is -2.40. The molecular formula is C21H27N3O2. The molecule has 5 nitrogen and oxygen atoms in total. The molecule has 1 saturated heterocycles. The van der Waals surface area contributed by atoms with Gasteiger partial charge in [-0.1, -0.05) is 12.1 Å². The van der Waals surface area contributed by atoms with Crippen LogP contribution in [0.25, 0.3) is 0 Å². The summed E-state index contributed by atoms with van der Waals surface area (Å²) in [5.74, 6) is 1.11. The molecule has 0 bridgehead atoms. The second-order valence-electron chi connectivity index (χ2n) is 7.04. The maximum Gasteiger partial charge on any atom is 0.236 e. The second kappa shape index (κ2) is 8.81. The molecule has 1 amide bonds. The molecule has 1 fully saturated rings. The Morgan fingerprint density at radius 2 is 1.96 bits per heavy atom. The van der Waals surface area contributed by atoms with E-state index in [2.05, 4.69) is 24.0 Å². The van der Waals surface area contributed by atoms with Crippen LogP contribution in [0.4, 0.5) is 0 Å². The number of carbonyl (C=O) groups is 1.